The Morgan fingerprint density at radius 1 is 0.963 bits per heavy atom. The quantitative estimate of drug-likeness (QED) is 0.792. The average molecular weight is 361 g/mol. The molecule has 2 aromatic carbocycles. The molecule has 0 saturated heterocycles. The number of hydrogen-bond donors (Lipinski definition) is 2. The minimum atomic E-state index is -0.0301. The number of carbonyl (C=O) groups is 1. The molecule has 0 radical (unpaired) electrons. The molecule has 1 atom stereocenters. The van der Waals surface area contributed by atoms with Gasteiger partial charge in [-0.3, -0.25) is 4.79 Å². The summed E-state index contributed by atoms with van der Waals surface area (Å²) in [5, 5.41) is 7.13. The average Bonchev–Trinajstić information content (AvgIpc) is 2.78. The van der Waals surface area contributed by atoms with Crippen molar-refractivity contribution >= 4 is 22.8 Å². The van der Waals surface area contributed by atoms with Crippen molar-refractivity contribution in [2.45, 2.75) is 32.7 Å². The Bertz CT molecular complexity index is 909. The minimum Gasteiger partial charge on any atom is -0.378 e. The van der Waals surface area contributed by atoms with E-state index >= 15 is 0 Å². The molecule has 2 N–H and O–H groups in total. The van der Waals surface area contributed by atoms with E-state index in [1.807, 2.05) is 32.3 Å². The molecule has 1 aliphatic heterocycles. The first-order valence-electron chi connectivity index (χ1n) is 9.50. The second-order valence-corrected chi connectivity index (χ2v) is 8.58. The van der Waals surface area contributed by atoms with Crippen molar-refractivity contribution in [2.24, 2.45) is 5.41 Å². The number of carbonyl (C=O) groups excluding carboxylic acids is 1. The summed E-state index contributed by atoms with van der Waals surface area (Å²) >= 11 is 0. The number of allylic oxidation sites excluding steroid dienone is 1. The fourth-order valence-electron chi connectivity index (χ4n) is 4.11. The molecule has 0 spiro atoms. The van der Waals surface area contributed by atoms with Crippen molar-refractivity contribution in [3.63, 3.8) is 0 Å². The van der Waals surface area contributed by atoms with Crippen molar-refractivity contribution in [1.29, 1.82) is 0 Å². The number of nitrogens with zero attached hydrogens (tertiary/aromatic N) is 1. The smallest absolute Gasteiger partial charge is 0.179 e. The van der Waals surface area contributed by atoms with Crippen LogP contribution >= 0.6 is 0 Å². The summed E-state index contributed by atoms with van der Waals surface area (Å²) in [4.78, 5) is 15.1. The number of benzene rings is 2. The van der Waals surface area contributed by atoms with Gasteiger partial charge in [-0.1, -0.05) is 38.1 Å². The van der Waals surface area contributed by atoms with Crippen LogP contribution in [0, 0.1) is 5.41 Å². The molecule has 0 aromatic heterocycles. The predicted molar refractivity (Wildman–Crippen MR) is 112 cm³/mol. The summed E-state index contributed by atoms with van der Waals surface area (Å²) in [6, 6.07) is 16.7. The van der Waals surface area contributed by atoms with E-state index in [1.165, 1.54) is 11.3 Å². The van der Waals surface area contributed by atoms with Crippen LogP contribution in [-0.4, -0.2) is 19.9 Å². The van der Waals surface area contributed by atoms with Crippen molar-refractivity contribution in [3.05, 3.63) is 65.4 Å². The molecule has 1 unspecified atom stereocenters. The zero-order valence-corrected chi connectivity index (χ0v) is 16.5. The number of rotatable bonds is 2. The molecule has 4 nitrogen and oxygen atoms in total. The molecular weight excluding hydrogens is 334 g/mol. The number of nitrogens with one attached hydrogen (secondary N) is 2. The zero-order chi connectivity index (χ0) is 19.2. The topological polar surface area (TPSA) is 44.4 Å². The third kappa shape index (κ3) is 3.32. The fraction of sp³-hybridized carbons (Fsp3) is 0.348. The summed E-state index contributed by atoms with van der Waals surface area (Å²) in [7, 11) is 4.09. The van der Waals surface area contributed by atoms with Crippen molar-refractivity contribution in [2.75, 3.05) is 29.6 Å². The zero-order valence-electron chi connectivity index (χ0n) is 16.5. The normalized spacial score (nSPS) is 20.7. The van der Waals surface area contributed by atoms with Crippen LogP contribution in [0.4, 0.5) is 17.1 Å². The van der Waals surface area contributed by atoms with Gasteiger partial charge in [0.2, 0.25) is 0 Å². The molecule has 140 valence electrons. The largest absolute Gasteiger partial charge is 0.378 e. The summed E-state index contributed by atoms with van der Waals surface area (Å²) in [6.45, 7) is 4.36. The molecule has 4 heteroatoms. The highest BCUT2D eigenvalue weighted by Gasteiger charge is 2.38. The van der Waals surface area contributed by atoms with E-state index in [0.717, 1.165) is 29.1 Å². The third-order valence-corrected chi connectivity index (χ3v) is 5.49. The molecule has 2 aromatic rings. The monoisotopic (exact) mass is 361 g/mol. The number of para-hydroxylation sites is 2. The van der Waals surface area contributed by atoms with Crippen LogP contribution in [0.1, 0.15) is 38.3 Å². The Kier molecular flexibility index (Phi) is 4.22. The Morgan fingerprint density at radius 3 is 2.30 bits per heavy atom. The minimum absolute atomic E-state index is 0.0177. The molecule has 1 aliphatic carbocycles. The van der Waals surface area contributed by atoms with Gasteiger partial charge in [-0.2, -0.15) is 0 Å². The fourth-order valence-corrected chi connectivity index (χ4v) is 4.11. The standard InChI is InChI=1S/C23H27N3O/c1-23(2)13-17-21(15-9-11-16(12-10-15)26(3)4)24-18-7-5-6-8-19(18)25-22(17)20(27)14-23/h5-12,21,24-25H,13-14H2,1-4H3. The van der Waals surface area contributed by atoms with Gasteiger partial charge >= 0.3 is 0 Å². The van der Waals surface area contributed by atoms with Crippen molar-refractivity contribution in [3.8, 4) is 0 Å². The van der Waals surface area contributed by atoms with E-state index in [4.69, 9.17) is 0 Å². The van der Waals surface area contributed by atoms with Crippen molar-refractivity contribution < 1.29 is 4.79 Å². The van der Waals surface area contributed by atoms with E-state index in [1.54, 1.807) is 0 Å². The van der Waals surface area contributed by atoms with E-state index < -0.39 is 0 Å². The van der Waals surface area contributed by atoms with Gasteiger partial charge in [0.05, 0.1) is 23.1 Å². The Balaban J connectivity index is 1.84. The number of hydrogen-bond acceptors (Lipinski definition) is 4. The van der Waals surface area contributed by atoms with E-state index in [-0.39, 0.29) is 17.2 Å². The van der Waals surface area contributed by atoms with Crippen LogP contribution < -0.4 is 15.5 Å². The summed E-state index contributed by atoms with van der Waals surface area (Å²) in [5.74, 6) is 0.203. The summed E-state index contributed by atoms with van der Waals surface area (Å²) in [6.07, 6.45) is 1.47. The van der Waals surface area contributed by atoms with Gasteiger partial charge in [-0.05, 0) is 47.2 Å². The van der Waals surface area contributed by atoms with Crippen LogP contribution in [0.5, 0.6) is 0 Å². The number of Topliss-reactive ketones (excluding diaryl/α,β-unsaturated/α-hetero) is 1. The van der Waals surface area contributed by atoms with Gasteiger partial charge in [0, 0.05) is 26.2 Å². The molecule has 0 fully saturated rings. The highest BCUT2D eigenvalue weighted by atomic mass is 16.1. The highest BCUT2D eigenvalue weighted by Crippen LogP contribution is 2.46. The molecule has 0 bridgehead atoms. The van der Waals surface area contributed by atoms with E-state index in [2.05, 4.69) is 59.7 Å². The first kappa shape index (κ1) is 17.7. The second kappa shape index (κ2) is 6.45. The molecule has 0 amide bonds. The van der Waals surface area contributed by atoms with Crippen molar-refractivity contribution in [1.82, 2.24) is 0 Å². The maximum atomic E-state index is 13.0. The van der Waals surface area contributed by atoms with Gasteiger partial charge in [-0.25, -0.2) is 0 Å². The lowest BCUT2D eigenvalue weighted by molar-refractivity contribution is -0.118. The van der Waals surface area contributed by atoms with Crippen LogP contribution in [0.15, 0.2) is 59.8 Å². The van der Waals surface area contributed by atoms with Gasteiger partial charge < -0.3 is 15.5 Å². The van der Waals surface area contributed by atoms with Gasteiger partial charge in [-0.15, -0.1) is 0 Å². The summed E-state index contributed by atoms with van der Waals surface area (Å²) < 4.78 is 0. The molecular formula is C23H27N3O. The maximum Gasteiger partial charge on any atom is 0.179 e. The van der Waals surface area contributed by atoms with E-state index in [0.29, 0.717) is 6.42 Å². The Morgan fingerprint density at radius 2 is 1.63 bits per heavy atom. The van der Waals surface area contributed by atoms with Crippen LogP contribution in [0.2, 0.25) is 0 Å². The van der Waals surface area contributed by atoms with Gasteiger partial charge in [0.25, 0.3) is 0 Å². The molecule has 27 heavy (non-hydrogen) atoms. The molecule has 4 rings (SSSR count). The molecule has 0 saturated carbocycles. The first-order chi connectivity index (χ1) is 12.8. The molecule has 1 heterocycles. The van der Waals surface area contributed by atoms with Crippen LogP contribution in [0.25, 0.3) is 0 Å². The van der Waals surface area contributed by atoms with Gasteiger partial charge in [0.15, 0.2) is 5.78 Å². The lowest BCUT2D eigenvalue weighted by Gasteiger charge is -2.35. The first-order valence-corrected chi connectivity index (χ1v) is 9.50. The van der Waals surface area contributed by atoms with E-state index in [9.17, 15) is 4.79 Å². The third-order valence-electron chi connectivity index (χ3n) is 5.49. The van der Waals surface area contributed by atoms with Crippen LogP contribution in [0.3, 0.4) is 0 Å². The lowest BCUT2D eigenvalue weighted by atomic mass is 9.73. The predicted octanol–water partition coefficient (Wildman–Crippen LogP) is 4.97. The molecule has 2 aliphatic rings. The lowest BCUT2D eigenvalue weighted by Crippen LogP contribution is -2.31. The Hall–Kier alpha value is -2.75. The van der Waals surface area contributed by atoms with Crippen LogP contribution in [-0.2, 0) is 4.79 Å². The SMILES string of the molecule is CN(C)c1ccc(C2Nc3ccccc3NC3=C2CC(C)(C)CC3=O)cc1. The second-order valence-electron chi connectivity index (χ2n) is 8.58. The highest BCUT2D eigenvalue weighted by molar-refractivity contribution is 6.02. The number of ketones is 1. The number of fused-ring (bicyclic) bond motifs is 1. The summed E-state index contributed by atoms with van der Waals surface area (Å²) in [5.41, 5.74) is 6.23. The number of anilines is 3. The van der Waals surface area contributed by atoms with Gasteiger partial charge in [0.1, 0.15) is 0 Å². The maximum absolute atomic E-state index is 13.0. The Labute approximate surface area is 161 Å².